The maximum Gasteiger partial charge on any atom is 0.156 e. The number of rotatable bonds is 1. The molecular weight excluding hydrogens is 152 g/mol. The Morgan fingerprint density at radius 3 is 2.92 bits per heavy atom. The largest absolute Gasteiger partial charge is 0.359 e. The van der Waals surface area contributed by atoms with Gasteiger partial charge < -0.3 is 10.3 Å². The number of aryl methyl sites for hydroxylation is 1. The molecule has 2 rings (SSSR count). The molecule has 2 N–H and O–H groups in total. The highest BCUT2D eigenvalue weighted by atomic mass is 16.5. The molecule has 0 radical (unpaired) electrons. The van der Waals surface area contributed by atoms with Crippen LogP contribution in [-0.4, -0.2) is 5.16 Å². The zero-order chi connectivity index (χ0) is 8.55. The number of aromatic nitrogens is 1. The van der Waals surface area contributed by atoms with Crippen molar-refractivity contribution in [3.63, 3.8) is 0 Å². The lowest BCUT2D eigenvalue weighted by atomic mass is 9.95. The van der Waals surface area contributed by atoms with Crippen LogP contribution in [0.4, 0.5) is 0 Å². The molecule has 1 aliphatic carbocycles. The molecule has 3 nitrogen and oxygen atoms in total. The van der Waals surface area contributed by atoms with Gasteiger partial charge in [0.05, 0.1) is 11.7 Å². The summed E-state index contributed by atoms with van der Waals surface area (Å²) >= 11 is 0. The summed E-state index contributed by atoms with van der Waals surface area (Å²) in [6, 6.07) is -0.0145. The van der Waals surface area contributed by atoms with E-state index in [2.05, 4.69) is 5.16 Å². The van der Waals surface area contributed by atoms with Gasteiger partial charge in [-0.05, 0) is 32.6 Å². The molecule has 1 aromatic rings. The van der Waals surface area contributed by atoms with Gasteiger partial charge in [-0.25, -0.2) is 0 Å². The first kappa shape index (κ1) is 7.80. The number of nitrogens with two attached hydrogens (primary N) is 1. The van der Waals surface area contributed by atoms with Gasteiger partial charge >= 0.3 is 0 Å². The second kappa shape index (κ2) is 2.90. The van der Waals surface area contributed by atoms with E-state index >= 15 is 0 Å². The number of hydrogen-bond acceptors (Lipinski definition) is 3. The van der Waals surface area contributed by atoms with Crippen molar-refractivity contribution in [2.45, 2.75) is 38.6 Å². The van der Waals surface area contributed by atoms with Crippen molar-refractivity contribution in [1.29, 1.82) is 0 Å². The fraction of sp³-hybridized carbons (Fsp3) is 0.667. The van der Waals surface area contributed by atoms with Gasteiger partial charge in [0, 0.05) is 5.56 Å². The molecule has 3 heteroatoms. The monoisotopic (exact) mass is 166 g/mol. The van der Waals surface area contributed by atoms with Crippen LogP contribution in [0.2, 0.25) is 0 Å². The smallest absolute Gasteiger partial charge is 0.156 e. The summed E-state index contributed by atoms with van der Waals surface area (Å²) in [7, 11) is 0. The highest BCUT2D eigenvalue weighted by Crippen LogP contribution is 2.26. The third-order valence-electron chi connectivity index (χ3n) is 2.40. The van der Waals surface area contributed by atoms with Crippen LogP contribution >= 0.6 is 0 Å². The lowest BCUT2D eigenvalue weighted by Gasteiger charge is -2.10. The third-order valence-corrected chi connectivity index (χ3v) is 2.40. The molecule has 1 aliphatic rings. The van der Waals surface area contributed by atoms with Crippen molar-refractivity contribution < 1.29 is 4.52 Å². The number of hydrogen-bond donors (Lipinski definition) is 1. The molecule has 0 unspecified atom stereocenters. The Hall–Kier alpha value is -0.830. The van der Waals surface area contributed by atoms with Gasteiger partial charge in [0.1, 0.15) is 0 Å². The maximum atomic E-state index is 5.75. The van der Waals surface area contributed by atoms with E-state index in [0.29, 0.717) is 0 Å². The molecule has 0 fully saturated rings. The van der Waals surface area contributed by atoms with Gasteiger partial charge in [-0.2, -0.15) is 0 Å². The Morgan fingerprint density at radius 2 is 2.17 bits per heavy atom. The summed E-state index contributed by atoms with van der Waals surface area (Å²) in [5.41, 5.74) is 8.16. The third kappa shape index (κ3) is 1.14. The Labute approximate surface area is 71.9 Å². The van der Waals surface area contributed by atoms with Crippen LogP contribution in [0, 0.1) is 0 Å². The Bertz CT molecular complexity index is 278. The summed E-state index contributed by atoms with van der Waals surface area (Å²) in [5, 5.41) is 4.02. The number of nitrogens with zero attached hydrogens (tertiary/aromatic N) is 1. The second-order valence-electron chi connectivity index (χ2n) is 3.47. The molecule has 1 heterocycles. The minimum absolute atomic E-state index is 0.0145. The van der Waals surface area contributed by atoms with E-state index in [4.69, 9.17) is 10.3 Å². The van der Waals surface area contributed by atoms with Crippen LogP contribution in [0.5, 0.6) is 0 Å². The Morgan fingerprint density at radius 1 is 1.42 bits per heavy atom. The predicted octanol–water partition coefficient (Wildman–Crippen LogP) is 1.57. The average Bonchev–Trinajstić information content (AvgIpc) is 2.47. The van der Waals surface area contributed by atoms with Crippen molar-refractivity contribution >= 4 is 0 Å². The van der Waals surface area contributed by atoms with Crippen molar-refractivity contribution in [3.05, 3.63) is 17.0 Å². The molecule has 0 saturated heterocycles. The van der Waals surface area contributed by atoms with Crippen LogP contribution in [0.15, 0.2) is 4.52 Å². The highest BCUT2D eigenvalue weighted by molar-refractivity contribution is 5.26. The van der Waals surface area contributed by atoms with E-state index in [1.54, 1.807) is 0 Å². The summed E-state index contributed by atoms with van der Waals surface area (Å²) in [4.78, 5) is 0. The summed E-state index contributed by atoms with van der Waals surface area (Å²) < 4.78 is 5.20. The summed E-state index contributed by atoms with van der Waals surface area (Å²) in [6.07, 6.45) is 4.63. The first-order valence-electron chi connectivity index (χ1n) is 4.52. The lowest BCUT2D eigenvalue weighted by Crippen LogP contribution is -2.09. The molecule has 1 atom stereocenters. The molecule has 0 bridgehead atoms. The molecular formula is C9H14N2O. The van der Waals surface area contributed by atoms with Gasteiger partial charge in [-0.15, -0.1) is 0 Å². The molecule has 0 amide bonds. The fourth-order valence-corrected chi connectivity index (χ4v) is 1.77. The van der Waals surface area contributed by atoms with Crippen LogP contribution in [0.3, 0.4) is 0 Å². The lowest BCUT2D eigenvalue weighted by molar-refractivity contribution is 0.362. The van der Waals surface area contributed by atoms with Gasteiger partial charge in [-0.1, -0.05) is 5.16 Å². The second-order valence-corrected chi connectivity index (χ2v) is 3.47. The molecule has 66 valence electrons. The van der Waals surface area contributed by atoms with Crippen LogP contribution in [0.25, 0.3) is 0 Å². The molecule has 0 aromatic carbocycles. The normalized spacial score (nSPS) is 18.8. The molecule has 12 heavy (non-hydrogen) atoms. The maximum absolute atomic E-state index is 5.75. The average molecular weight is 166 g/mol. The van der Waals surface area contributed by atoms with Gasteiger partial charge in [0.2, 0.25) is 0 Å². The standard InChI is InChI=1S/C9H14N2O/c1-6(10)9-7-4-2-3-5-8(7)11-12-9/h6H,2-5,10H2,1H3/t6-/m0/s1. The van der Waals surface area contributed by atoms with E-state index in [-0.39, 0.29) is 6.04 Å². The van der Waals surface area contributed by atoms with Crippen LogP contribution in [0.1, 0.15) is 42.8 Å². The van der Waals surface area contributed by atoms with Crippen LogP contribution < -0.4 is 5.73 Å². The highest BCUT2D eigenvalue weighted by Gasteiger charge is 2.20. The first-order valence-corrected chi connectivity index (χ1v) is 4.52. The Balaban J connectivity index is 2.38. The zero-order valence-electron chi connectivity index (χ0n) is 7.34. The SMILES string of the molecule is C[C@H](N)c1onc2c1CCCC2. The Kier molecular flexibility index (Phi) is 1.89. The van der Waals surface area contributed by atoms with Gasteiger partial charge in [0.25, 0.3) is 0 Å². The van der Waals surface area contributed by atoms with Crippen molar-refractivity contribution in [2.24, 2.45) is 5.73 Å². The topological polar surface area (TPSA) is 52.0 Å². The number of fused-ring (bicyclic) bond motifs is 1. The van der Waals surface area contributed by atoms with E-state index in [9.17, 15) is 0 Å². The van der Waals surface area contributed by atoms with E-state index < -0.39 is 0 Å². The summed E-state index contributed by atoms with van der Waals surface area (Å²) in [6.45, 7) is 1.94. The quantitative estimate of drug-likeness (QED) is 0.689. The van der Waals surface area contributed by atoms with Gasteiger partial charge in [-0.3, -0.25) is 0 Å². The zero-order valence-corrected chi connectivity index (χ0v) is 7.34. The molecule has 0 aliphatic heterocycles. The first-order chi connectivity index (χ1) is 5.79. The predicted molar refractivity (Wildman–Crippen MR) is 45.7 cm³/mol. The fourth-order valence-electron chi connectivity index (χ4n) is 1.77. The van der Waals surface area contributed by atoms with E-state index in [1.165, 1.54) is 18.4 Å². The minimum Gasteiger partial charge on any atom is -0.359 e. The minimum atomic E-state index is -0.0145. The molecule has 0 spiro atoms. The van der Waals surface area contributed by atoms with Gasteiger partial charge in [0.15, 0.2) is 5.76 Å². The van der Waals surface area contributed by atoms with Crippen molar-refractivity contribution in [2.75, 3.05) is 0 Å². The van der Waals surface area contributed by atoms with Crippen LogP contribution in [-0.2, 0) is 12.8 Å². The van der Waals surface area contributed by atoms with Crippen molar-refractivity contribution in [1.82, 2.24) is 5.16 Å². The summed E-state index contributed by atoms with van der Waals surface area (Å²) in [5.74, 6) is 0.893. The molecule has 0 saturated carbocycles. The van der Waals surface area contributed by atoms with Crippen molar-refractivity contribution in [3.8, 4) is 0 Å². The van der Waals surface area contributed by atoms with E-state index in [0.717, 1.165) is 24.3 Å². The van der Waals surface area contributed by atoms with E-state index in [1.807, 2.05) is 6.92 Å². The molecule has 1 aromatic heterocycles.